The second kappa shape index (κ2) is 5.65. The van der Waals surface area contributed by atoms with Gasteiger partial charge in [0.15, 0.2) is 5.65 Å². The number of hydrogen-bond donors (Lipinski definition) is 0. The van der Waals surface area contributed by atoms with Gasteiger partial charge < -0.3 is 4.90 Å². The zero-order valence-corrected chi connectivity index (χ0v) is 13.6. The summed E-state index contributed by atoms with van der Waals surface area (Å²) < 4.78 is 1.92. The molecule has 23 heavy (non-hydrogen) atoms. The number of benzene rings is 1. The highest BCUT2D eigenvalue weighted by atomic mass is 15.3. The van der Waals surface area contributed by atoms with Gasteiger partial charge in [-0.3, -0.25) is 0 Å². The average molecular weight is 307 g/mol. The summed E-state index contributed by atoms with van der Waals surface area (Å²) in [5.74, 6) is 1.82. The number of anilines is 1. The van der Waals surface area contributed by atoms with Crippen LogP contribution in [0.5, 0.6) is 0 Å². The summed E-state index contributed by atoms with van der Waals surface area (Å²) >= 11 is 0. The van der Waals surface area contributed by atoms with Crippen LogP contribution in [-0.4, -0.2) is 32.8 Å². The van der Waals surface area contributed by atoms with Gasteiger partial charge in [0.05, 0.1) is 17.3 Å². The molecule has 0 amide bonds. The lowest BCUT2D eigenvalue weighted by atomic mass is 9.99. The van der Waals surface area contributed by atoms with E-state index in [9.17, 15) is 0 Å². The van der Waals surface area contributed by atoms with Crippen LogP contribution < -0.4 is 4.90 Å². The van der Waals surface area contributed by atoms with Crippen molar-refractivity contribution in [3.05, 3.63) is 42.4 Å². The topological polar surface area (TPSA) is 46.8 Å². The normalized spacial score (nSPS) is 16.2. The van der Waals surface area contributed by atoms with E-state index in [0.717, 1.165) is 41.5 Å². The van der Waals surface area contributed by atoms with E-state index in [1.807, 2.05) is 23.0 Å². The molecule has 118 valence electrons. The molecule has 1 aromatic carbocycles. The second-order valence-electron chi connectivity index (χ2n) is 6.45. The fourth-order valence-electron chi connectivity index (χ4n) is 3.28. The Balaban J connectivity index is 1.80. The summed E-state index contributed by atoms with van der Waals surface area (Å²) in [5.41, 5.74) is 3.13. The number of fused-ring (bicyclic) bond motifs is 1. The Morgan fingerprint density at radius 1 is 1.09 bits per heavy atom. The highest BCUT2D eigenvalue weighted by Gasteiger charge is 2.21. The monoisotopic (exact) mass is 307 g/mol. The van der Waals surface area contributed by atoms with Gasteiger partial charge in [0.25, 0.3) is 0 Å². The van der Waals surface area contributed by atoms with Crippen molar-refractivity contribution >= 4 is 16.9 Å². The molecule has 1 fully saturated rings. The van der Waals surface area contributed by atoms with Crippen LogP contribution >= 0.6 is 0 Å². The first-order valence-corrected chi connectivity index (χ1v) is 8.23. The molecule has 1 aliphatic heterocycles. The van der Waals surface area contributed by atoms with Crippen LogP contribution in [0.15, 0.2) is 36.8 Å². The molecule has 0 radical (unpaired) electrons. The summed E-state index contributed by atoms with van der Waals surface area (Å²) in [7, 11) is 0. The fourth-order valence-corrected chi connectivity index (χ4v) is 3.28. The molecule has 4 rings (SSSR count). The molecule has 3 heterocycles. The van der Waals surface area contributed by atoms with Gasteiger partial charge in [-0.15, -0.1) is 0 Å². The van der Waals surface area contributed by atoms with Gasteiger partial charge in [0.2, 0.25) is 0 Å². The Morgan fingerprint density at radius 3 is 2.65 bits per heavy atom. The van der Waals surface area contributed by atoms with Crippen molar-refractivity contribution < 1.29 is 0 Å². The number of hydrogen-bond acceptors (Lipinski definition) is 4. The lowest BCUT2D eigenvalue weighted by Gasteiger charge is -2.31. The van der Waals surface area contributed by atoms with Gasteiger partial charge in [0, 0.05) is 13.1 Å². The van der Waals surface area contributed by atoms with Crippen molar-refractivity contribution in [2.24, 2.45) is 5.92 Å². The highest BCUT2D eigenvalue weighted by molar-refractivity contribution is 5.87. The molecule has 0 atom stereocenters. The molecule has 5 nitrogen and oxygen atoms in total. The zero-order valence-electron chi connectivity index (χ0n) is 13.6. The van der Waals surface area contributed by atoms with Crippen molar-refractivity contribution in [2.45, 2.75) is 26.7 Å². The number of rotatable bonds is 2. The van der Waals surface area contributed by atoms with Crippen LogP contribution in [0.1, 0.15) is 25.3 Å². The van der Waals surface area contributed by atoms with E-state index in [1.54, 1.807) is 6.33 Å². The van der Waals surface area contributed by atoms with Crippen molar-refractivity contribution in [3.63, 3.8) is 0 Å². The molecule has 0 unspecified atom stereocenters. The van der Waals surface area contributed by atoms with E-state index in [4.69, 9.17) is 0 Å². The van der Waals surface area contributed by atoms with Crippen molar-refractivity contribution in [1.82, 2.24) is 19.7 Å². The van der Waals surface area contributed by atoms with E-state index in [2.05, 4.69) is 45.9 Å². The van der Waals surface area contributed by atoms with Crippen LogP contribution in [0.4, 0.5) is 5.82 Å². The third-order valence-corrected chi connectivity index (χ3v) is 4.77. The van der Waals surface area contributed by atoms with Crippen LogP contribution in [0, 0.1) is 12.8 Å². The van der Waals surface area contributed by atoms with E-state index in [0.29, 0.717) is 0 Å². The minimum Gasteiger partial charge on any atom is -0.356 e. The van der Waals surface area contributed by atoms with E-state index in [-0.39, 0.29) is 0 Å². The van der Waals surface area contributed by atoms with Crippen molar-refractivity contribution in [1.29, 1.82) is 0 Å². The molecule has 0 saturated carbocycles. The summed E-state index contributed by atoms with van der Waals surface area (Å²) in [4.78, 5) is 11.4. The Labute approximate surface area is 136 Å². The first-order valence-electron chi connectivity index (χ1n) is 8.23. The molecule has 1 saturated heterocycles. The maximum absolute atomic E-state index is 4.58. The first kappa shape index (κ1) is 14.2. The van der Waals surface area contributed by atoms with E-state index < -0.39 is 0 Å². The van der Waals surface area contributed by atoms with Gasteiger partial charge in [0.1, 0.15) is 12.1 Å². The van der Waals surface area contributed by atoms with Gasteiger partial charge in [-0.2, -0.15) is 5.10 Å². The molecule has 1 aliphatic rings. The highest BCUT2D eigenvalue weighted by Crippen LogP contribution is 2.28. The van der Waals surface area contributed by atoms with Crippen LogP contribution in [0.25, 0.3) is 16.7 Å². The van der Waals surface area contributed by atoms with Crippen LogP contribution in [-0.2, 0) is 0 Å². The molecular weight excluding hydrogens is 286 g/mol. The summed E-state index contributed by atoms with van der Waals surface area (Å²) in [6.07, 6.45) is 6.00. The summed E-state index contributed by atoms with van der Waals surface area (Å²) in [6.45, 7) is 6.53. The minimum atomic E-state index is 0.804. The average Bonchev–Trinajstić information content (AvgIpc) is 3.00. The molecular formula is C18H21N5. The molecule has 5 heteroatoms. The van der Waals surface area contributed by atoms with E-state index >= 15 is 0 Å². The van der Waals surface area contributed by atoms with Gasteiger partial charge in [-0.25, -0.2) is 14.6 Å². The number of para-hydroxylation sites is 1. The standard InChI is InChI=1S/C18H21N5/c1-13-7-9-22(10-8-13)17-15-11-21-23(18(15)20-12-19-17)16-6-4-3-5-14(16)2/h3-6,11-13H,7-10H2,1-2H3. The Hall–Kier alpha value is -2.43. The molecule has 3 aromatic rings. The smallest absolute Gasteiger partial charge is 0.168 e. The molecule has 2 aromatic heterocycles. The van der Waals surface area contributed by atoms with Gasteiger partial charge >= 0.3 is 0 Å². The van der Waals surface area contributed by atoms with Crippen LogP contribution in [0.3, 0.4) is 0 Å². The van der Waals surface area contributed by atoms with Crippen molar-refractivity contribution in [3.8, 4) is 5.69 Å². The maximum atomic E-state index is 4.58. The molecule has 0 spiro atoms. The summed E-state index contributed by atoms with van der Waals surface area (Å²) in [5, 5.41) is 5.62. The fraction of sp³-hybridized carbons (Fsp3) is 0.389. The quantitative estimate of drug-likeness (QED) is 0.728. The molecule has 0 N–H and O–H groups in total. The number of nitrogens with zero attached hydrogens (tertiary/aromatic N) is 5. The third-order valence-electron chi connectivity index (χ3n) is 4.77. The second-order valence-corrected chi connectivity index (χ2v) is 6.45. The molecule has 0 aliphatic carbocycles. The number of aromatic nitrogens is 4. The largest absolute Gasteiger partial charge is 0.356 e. The van der Waals surface area contributed by atoms with E-state index in [1.165, 1.54) is 18.4 Å². The van der Waals surface area contributed by atoms with Crippen molar-refractivity contribution in [2.75, 3.05) is 18.0 Å². The Kier molecular flexibility index (Phi) is 3.48. The maximum Gasteiger partial charge on any atom is 0.168 e. The molecule has 0 bridgehead atoms. The lowest BCUT2D eigenvalue weighted by molar-refractivity contribution is 0.437. The lowest BCUT2D eigenvalue weighted by Crippen LogP contribution is -2.33. The number of aryl methyl sites for hydroxylation is 1. The van der Waals surface area contributed by atoms with Gasteiger partial charge in [-0.1, -0.05) is 25.1 Å². The van der Waals surface area contributed by atoms with Gasteiger partial charge in [-0.05, 0) is 37.3 Å². The third kappa shape index (κ3) is 2.46. The SMILES string of the molecule is Cc1ccccc1-n1ncc2c(N3CCC(C)CC3)ncnc21. The summed E-state index contributed by atoms with van der Waals surface area (Å²) in [6, 6.07) is 8.24. The zero-order chi connectivity index (χ0) is 15.8. The Morgan fingerprint density at radius 2 is 1.87 bits per heavy atom. The predicted octanol–water partition coefficient (Wildman–Crippen LogP) is 3.36. The predicted molar refractivity (Wildman–Crippen MR) is 92.0 cm³/mol. The number of piperidine rings is 1. The van der Waals surface area contributed by atoms with Crippen LogP contribution in [0.2, 0.25) is 0 Å². The Bertz CT molecular complexity index is 830. The minimum absolute atomic E-state index is 0.804. The first-order chi connectivity index (χ1) is 11.2.